The molecule has 2 aliphatic heterocycles. The van der Waals surface area contributed by atoms with Gasteiger partial charge in [-0.3, -0.25) is 4.79 Å². The van der Waals surface area contributed by atoms with Crippen molar-refractivity contribution in [1.82, 2.24) is 4.90 Å². The Labute approximate surface area is 148 Å². The third kappa shape index (κ3) is 3.02. The second-order valence-electron chi connectivity index (χ2n) is 7.55. The van der Waals surface area contributed by atoms with E-state index in [2.05, 4.69) is 4.90 Å². The van der Waals surface area contributed by atoms with Gasteiger partial charge in [-0.2, -0.15) is 0 Å². The van der Waals surface area contributed by atoms with Crippen LogP contribution in [0.15, 0.2) is 18.2 Å². The molecule has 2 saturated heterocycles. The Morgan fingerprint density at radius 3 is 2.58 bits per heavy atom. The molecule has 5 heteroatoms. The number of hydrogen-bond donors (Lipinski definition) is 1. The predicted molar refractivity (Wildman–Crippen MR) is 95.7 cm³/mol. The number of aliphatic hydroxyl groups is 1. The Hall–Kier alpha value is -1.26. The van der Waals surface area contributed by atoms with Gasteiger partial charge in [0.2, 0.25) is 0 Å². The van der Waals surface area contributed by atoms with E-state index in [1.54, 1.807) is 0 Å². The molecule has 24 heavy (non-hydrogen) atoms. The lowest BCUT2D eigenvalue weighted by Crippen LogP contribution is -2.44. The lowest BCUT2D eigenvalue weighted by Gasteiger charge is -2.35. The van der Waals surface area contributed by atoms with Crippen molar-refractivity contribution in [2.45, 2.75) is 44.1 Å². The van der Waals surface area contributed by atoms with Crippen LogP contribution < -0.4 is 4.90 Å². The van der Waals surface area contributed by atoms with Gasteiger partial charge in [-0.25, -0.2) is 0 Å². The molecule has 2 heterocycles. The molecule has 1 unspecified atom stereocenters. The van der Waals surface area contributed by atoms with Gasteiger partial charge < -0.3 is 14.9 Å². The topological polar surface area (TPSA) is 43.8 Å². The Morgan fingerprint density at radius 2 is 1.92 bits per heavy atom. The average molecular weight is 349 g/mol. The molecule has 1 aliphatic carbocycles. The first-order valence-electron chi connectivity index (χ1n) is 9.13. The summed E-state index contributed by atoms with van der Waals surface area (Å²) < 4.78 is 0. The van der Waals surface area contributed by atoms with Crippen molar-refractivity contribution in [1.29, 1.82) is 0 Å². The monoisotopic (exact) mass is 348 g/mol. The molecule has 0 radical (unpaired) electrons. The van der Waals surface area contributed by atoms with Crippen molar-refractivity contribution in [3.05, 3.63) is 28.8 Å². The molecule has 0 aromatic heterocycles. The quantitative estimate of drug-likeness (QED) is 0.911. The minimum absolute atomic E-state index is 0.0406. The Morgan fingerprint density at radius 1 is 1.17 bits per heavy atom. The number of amides is 1. The molecule has 1 N–H and O–H groups in total. The van der Waals surface area contributed by atoms with Crippen LogP contribution >= 0.6 is 11.6 Å². The highest BCUT2D eigenvalue weighted by atomic mass is 35.5. The smallest absolute Gasteiger partial charge is 0.253 e. The largest absolute Gasteiger partial charge is 0.390 e. The Kier molecular flexibility index (Phi) is 4.21. The average Bonchev–Trinajstić information content (AvgIpc) is 3.13. The SMILES string of the molecule is O=C(c1ccc(N2CCCC2)c(Cl)c1)N1CCCC(C2(O)CC2)C1. The van der Waals surface area contributed by atoms with Crippen LogP contribution in [0.4, 0.5) is 5.69 Å². The molecular weight excluding hydrogens is 324 g/mol. The molecule has 1 atom stereocenters. The van der Waals surface area contributed by atoms with E-state index < -0.39 is 5.60 Å². The van der Waals surface area contributed by atoms with Gasteiger partial charge >= 0.3 is 0 Å². The number of benzene rings is 1. The minimum Gasteiger partial charge on any atom is -0.390 e. The van der Waals surface area contributed by atoms with E-state index in [1.165, 1.54) is 12.8 Å². The normalized spacial score (nSPS) is 25.8. The molecule has 1 aromatic carbocycles. The summed E-state index contributed by atoms with van der Waals surface area (Å²) in [6.07, 6.45) is 6.17. The summed E-state index contributed by atoms with van der Waals surface area (Å²) in [5.74, 6) is 0.272. The fourth-order valence-corrected chi connectivity index (χ4v) is 4.47. The van der Waals surface area contributed by atoms with Crippen molar-refractivity contribution >= 4 is 23.2 Å². The first kappa shape index (κ1) is 16.2. The van der Waals surface area contributed by atoms with Crippen molar-refractivity contribution in [3.63, 3.8) is 0 Å². The number of halogens is 1. The van der Waals surface area contributed by atoms with E-state index in [4.69, 9.17) is 11.6 Å². The maximum absolute atomic E-state index is 12.8. The first-order valence-corrected chi connectivity index (χ1v) is 9.51. The van der Waals surface area contributed by atoms with Gasteiger partial charge in [0.05, 0.1) is 16.3 Å². The number of carbonyl (C=O) groups excluding carboxylic acids is 1. The minimum atomic E-state index is -0.504. The van der Waals surface area contributed by atoms with Gasteiger partial charge in [-0.05, 0) is 56.7 Å². The number of piperidine rings is 1. The summed E-state index contributed by atoms with van der Waals surface area (Å²) >= 11 is 6.45. The molecule has 3 fully saturated rings. The van der Waals surface area contributed by atoms with Crippen LogP contribution in [-0.4, -0.2) is 47.7 Å². The maximum atomic E-state index is 12.8. The molecule has 4 nitrogen and oxygen atoms in total. The van der Waals surface area contributed by atoms with Crippen LogP contribution in [-0.2, 0) is 0 Å². The van der Waals surface area contributed by atoms with Crippen LogP contribution in [0.5, 0.6) is 0 Å². The summed E-state index contributed by atoms with van der Waals surface area (Å²) in [5, 5.41) is 11.0. The number of anilines is 1. The van der Waals surface area contributed by atoms with Gasteiger partial charge in [0, 0.05) is 37.7 Å². The van der Waals surface area contributed by atoms with Gasteiger partial charge in [0.15, 0.2) is 0 Å². The zero-order valence-electron chi connectivity index (χ0n) is 14.0. The highest BCUT2D eigenvalue weighted by Crippen LogP contribution is 2.45. The summed E-state index contributed by atoms with van der Waals surface area (Å²) in [6.45, 7) is 3.52. The van der Waals surface area contributed by atoms with Crippen molar-refractivity contribution in [2.24, 2.45) is 5.92 Å². The molecule has 1 amide bonds. The molecule has 4 rings (SSSR count). The second-order valence-corrected chi connectivity index (χ2v) is 7.96. The van der Waals surface area contributed by atoms with Crippen molar-refractivity contribution < 1.29 is 9.90 Å². The van der Waals surface area contributed by atoms with E-state index in [0.29, 0.717) is 17.1 Å². The summed E-state index contributed by atoms with van der Waals surface area (Å²) in [6, 6.07) is 5.70. The number of likely N-dealkylation sites (tertiary alicyclic amines) is 1. The molecular formula is C19H25ClN2O2. The van der Waals surface area contributed by atoms with Crippen molar-refractivity contribution in [2.75, 3.05) is 31.1 Å². The number of nitrogens with zero attached hydrogens (tertiary/aromatic N) is 2. The predicted octanol–water partition coefficient (Wildman–Crippen LogP) is 3.32. The van der Waals surface area contributed by atoms with E-state index in [1.807, 2.05) is 23.1 Å². The van der Waals surface area contributed by atoms with E-state index in [0.717, 1.165) is 51.0 Å². The second kappa shape index (κ2) is 6.23. The fraction of sp³-hybridized carbons (Fsp3) is 0.632. The molecule has 0 bridgehead atoms. The van der Waals surface area contributed by atoms with Gasteiger partial charge in [-0.1, -0.05) is 11.6 Å². The van der Waals surface area contributed by atoms with Crippen LogP contribution in [0, 0.1) is 5.92 Å². The molecule has 0 spiro atoms. The molecule has 1 aromatic rings. The third-order valence-electron chi connectivity index (χ3n) is 5.87. The van der Waals surface area contributed by atoms with Crippen LogP contribution in [0.3, 0.4) is 0 Å². The molecule has 1 saturated carbocycles. The van der Waals surface area contributed by atoms with Crippen LogP contribution in [0.25, 0.3) is 0 Å². The standard InChI is InChI=1S/C19H25ClN2O2/c20-16-12-14(5-6-17(16)21-9-1-2-10-21)18(23)22-11-3-4-15(13-22)19(24)7-8-19/h5-6,12,15,24H,1-4,7-11,13H2. The van der Waals surface area contributed by atoms with E-state index in [9.17, 15) is 9.90 Å². The molecule has 3 aliphatic rings. The Bertz CT molecular complexity index is 638. The summed E-state index contributed by atoms with van der Waals surface area (Å²) in [4.78, 5) is 17.0. The van der Waals surface area contributed by atoms with Crippen molar-refractivity contribution in [3.8, 4) is 0 Å². The van der Waals surface area contributed by atoms with Gasteiger partial charge in [-0.15, -0.1) is 0 Å². The van der Waals surface area contributed by atoms with Crippen LogP contribution in [0.1, 0.15) is 48.9 Å². The van der Waals surface area contributed by atoms with Crippen LogP contribution in [0.2, 0.25) is 5.02 Å². The van der Waals surface area contributed by atoms with E-state index >= 15 is 0 Å². The lowest BCUT2D eigenvalue weighted by atomic mass is 9.90. The summed E-state index contributed by atoms with van der Waals surface area (Å²) in [5.41, 5.74) is 1.19. The van der Waals surface area contributed by atoms with Gasteiger partial charge in [0.25, 0.3) is 5.91 Å². The number of hydrogen-bond acceptors (Lipinski definition) is 3. The van der Waals surface area contributed by atoms with Gasteiger partial charge in [0.1, 0.15) is 0 Å². The highest BCUT2D eigenvalue weighted by Gasteiger charge is 2.49. The maximum Gasteiger partial charge on any atom is 0.253 e. The Balaban J connectivity index is 1.48. The molecule has 130 valence electrons. The number of carbonyl (C=O) groups is 1. The zero-order valence-corrected chi connectivity index (χ0v) is 14.8. The highest BCUT2D eigenvalue weighted by molar-refractivity contribution is 6.33. The first-order chi connectivity index (χ1) is 11.6. The number of rotatable bonds is 3. The third-order valence-corrected chi connectivity index (χ3v) is 6.17. The zero-order chi connectivity index (χ0) is 16.7. The summed E-state index contributed by atoms with van der Waals surface area (Å²) in [7, 11) is 0. The van der Waals surface area contributed by atoms with E-state index in [-0.39, 0.29) is 11.8 Å². The lowest BCUT2D eigenvalue weighted by molar-refractivity contribution is 0.0282. The fourth-order valence-electron chi connectivity index (χ4n) is 4.17.